The third kappa shape index (κ3) is 5.99. The predicted octanol–water partition coefficient (Wildman–Crippen LogP) is 3.66. The number of para-hydroxylation sites is 1. The molecule has 1 aromatic heterocycles. The normalized spacial score (nSPS) is 15.0. The molecule has 0 aliphatic heterocycles. The predicted molar refractivity (Wildman–Crippen MR) is 107 cm³/mol. The van der Waals surface area contributed by atoms with Crippen molar-refractivity contribution in [3.8, 4) is 5.75 Å². The maximum absolute atomic E-state index is 12.3. The molecule has 3 rings (SSSR count). The lowest BCUT2D eigenvalue weighted by Crippen LogP contribution is -2.32. The van der Waals surface area contributed by atoms with Crippen LogP contribution in [0.25, 0.3) is 0 Å². The third-order valence-electron chi connectivity index (χ3n) is 4.41. The van der Waals surface area contributed by atoms with Gasteiger partial charge in [-0.3, -0.25) is 4.79 Å². The van der Waals surface area contributed by atoms with E-state index in [2.05, 4.69) is 33.9 Å². The number of rotatable bonds is 10. The van der Waals surface area contributed by atoms with Crippen molar-refractivity contribution in [1.29, 1.82) is 0 Å². The van der Waals surface area contributed by atoms with Crippen LogP contribution >= 0.6 is 11.8 Å². The maximum atomic E-state index is 12.3. The van der Waals surface area contributed by atoms with E-state index in [1.165, 1.54) is 11.8 Å². The summed E-state index contributed by atoms with van der Waals surface area (Å²) < 4.78 is 7.95. The number of carbonyl (C=O) groups is 1. The summed E-state index contributed by atoms with van der Waals surface area (Å²) in [5.41, 5.74) is 0. The fourth-order valence-electron chi connectivity index (χ4n) is 2.55. The molecule has 0 unspecified atom stereocenters. The number of aromatic nitrogens is 3. The van der Waals surface area contributed by atoms with E-state index in [-0.39, 0.29) is 11.2 Å². The summed E-state index contributed by atoms with van der Waals surface area (Å²) in [6.07, 6.45) is 3.20. The molecule has 1 fully saturated rings. The van der Waals surface area contributed by atoms with Crippen LogP contribution in [0.2, 0.25) is 0 Å². The number of amides is 1. The number of thioether (sulfide) groups is 1. The minimum atomic E-state index is -0.199. The summed E-state index contributed by atoms with van der Waals surface area (Å²) in [4.78, 5) is 12.3. The highest BCUT2D eigenvalue weighted by atomic mass is 32.2. The van der Waals surface area contributed by atoms with E-state index in [0.29, 0.717) is 18.6 Å². The average Bonchev–Trinajstić information content (AvgIpc) is 3.39. The SMILES string of the molecule is CC(C)CCn1c(COc2ccccc2)nnc1S[C@@H](C)C(=O)NC1CC1. The molecule has 1 aromatic carbocycles. The first-order valence-corrected chi connectivity index (χ1v) is 10.5. The lowest BCUT2D eigenvalue weighted by molar-refractivity contribution is -0.120. The minimum Gasteiger partial charge on any atom is -0.486 e. The number of nitrogens with one attached hydrogen (secondary N) is 1. The first kappa shape index (κ1) is 19.7. The van der Waals surface area contributed by atoms with E-state index in [9.17, 15) is 4.79 Å². The molecule has 1 heterocycles. The number of ether oxygens (including phenoxy) is 1. The zero-order valence-corrected chi connectivity index (χ0v) is 17.0. The Bertz CT molecular complexity index is 744. The third-order valence-corrected chi connectivity index (χ3v) is 5.49. The molecular formula is C20H28N4O2S. The Morgan fingerprint density at radius 1 is 1.26 bits per heavy atom. The maximum Gasteiger partial charge on any atom is 0.233 e. The van der Waals surface area contributed by atoms with Gasteiger partial charge in [-0.05, 0) is 44.2 Å². The Hall–Kier alpha value is -2.02. The second-order valence-electron chi connectivity index (χ2n) is 7.38. The van der Waals surface area contributed by atoms with Crippen LogP contribution in [0, 0.1) is 5.92 Å². The van der Waals surface area contributed by atoms with Crippen molar-refractivity contribution >= 4 is 17.7 Å². The van der Waals surface area contributed by atoms with Crippen LogP contribution in [0.1, 0.15) is 45.9 Å². The topological polar surface area (TPSA) is 69.0 Å². The Kier molecular flexibility index (Phi) is 6.77. The number of carbonyl (C=O) groups excluding carboxylic acids is 1. The lowest BCUT2D eigenvalue weighted by atomic mass is 10.1. The average molecular weight is 389 g/mol. The highest BCUT2D eigenvalue weighted by Crippen LogP contribution is 2.26. The first-order chi connectivity index (χ1) is 13.0. The van der Waals surface area contributed by atoms with Crippen LogP contribution in [-0.4, -0.2) is 32.0 Å². The Labute approximate surface area is 165 Å². The summed E-state index contributed by atoms with van der Waals surface area (Å²) in [5.74, 6) is 2.24. The molecule has 6 nitrogen and oxygen atoms in total. The van der Waals surface area contributed by atoms with Crippen LogP contribution < -0.4 is 10.1 Å². The molecule has 0 spiro atoms. The zero-order valence-electron chi connectivity index (χ0n) is 16.2. The molecule has 0 bridgehead atoms. The van der Waals surface area contributed by atoms with Crippen LogP contribution in [0.3, 0.4) is 0 Å². The van der Waals surface area contributed by atoms with E-state index in [4.69, 9.17) is 4.74 Å². The molecule has 146 valence electrons. The lowest BCUT2D eigenvalue weighted by Gasteiger charge is -2.14. The van der Waals surface area contributed by atoms with Crippen molar-refractivity contribution in [3.63, 3.8) is 0 Å². The second kappa shape index (κ2) is 9.26. The van der Waals surface area contributed by atoms with Crippen molar-refractivity contribution in [2.24, 2.45) is 5.92 Å². The van der Waals surface area contributed by atoms with Gasteiger partial charge >= 0.3 is 0 Å². The fraction of sp³-hybridized carbons (Fsp3) is 0.550. The summed E-state index contributed by atoms with van der Waals surface area (Å²) in [7, 11) is 0. The molecule has 7 heteroatoms. The Morgan fingerprint density at radius 2 is 2.00 bits per heavy atom. The molecule has 0 saturated heterocycles. The monoisotopic (exact) mass is 388 g/mol. The van der Waals surface area contributed by atoms with Crippen molar-refractivity contribution in [3.05, 3.63) is 36.2 Å². The van der Waals surface area contributed by atoms with Gasteiger partial charge in [0.1, 0.15) is 12.4 Å². The van der Waals surface area contributed by atoms with Gasteiger partial charge in [-0.25, -0.2) is 0 Å². The quantitative estimate of drug-likeness (QED) is 0.629. The van der Waals surface area contributed by atoms with Gasteiger partial charge < -0.3 is 14.6 Å². The molecule has 1 aliphatic carbocycles. The molecule has 1 atom stereocenters. The molecule has 1 amide bonds. The Balaban J connectivity index is 1.67. The minimum absolute atomic E-state index is 0.0722. The van der Waals surface area contributed by atoms with Crippen molar-refractivity contribution < 1.29 is 9.53 Å². The first-order valence-electron chi connectivity index (χ1n) is 9.60. The van der Waals surface area contributed by atoms with Crippen molar-refractivity contribution in [2.75, 3.05) is 0 Å². The molecule has 1 saturated carbocycles. The van der Waals surface area contributed by atoms with Gasteiger partial charge in [0.05, 0.1) is 5.25 Å². The van der Waals surface area contributed by atoms with Crippen LogP contribution in [0.15, 0.2) is 35.5 Å². The molecular weight excluding hydrogens is 360 g/mol. The molecule has 1 aliphatic rings. The van der Waals surface area contributed by atoms with Gasteiger partial charge in [-0.15, -0.1) is 10.2 Å². The second-order valence-corrected chi connectivity index (χ2v) is 8.69. The number of benzene rings is 1. The fourth-order valence-corrected chi connectivity index (χ4v) is 3.45. The van der Waals surface area contributed by atoms with Gasteiger partial charge in [0.25, 0.3) is 0 Å². The molecule has 2 aromatic rings. The summed E-state index contributed by atoms with van der Waals surface area (Å²) >= 11 is 1.46. The van der Waals surface area contributed by atoms with Crippen molar-refractivity contribution in [2.45, 2.75) is 69.6 Å². The number of hydrogen-bond donors (Lipinski definition) is 1. The van der Waals surface area contributed by atoms with E-state index >= 15 is 0 Å². The summed E-state index contributed by atoms with van der Waals surface area (Å²) in [5, 5.41) is 12.3. The molecule has 27 heavy (non-hydrogen) atoms. The summed E-state index contributed by atoms with van der Waals surface area (Å²) in [6.45, 7) is 7.49. The van der Waals surface area contributed by atoms with Gasteiger partial charge in [-0.2, -0.15) is 0 Å². The molecule has 1 N–H and O–H groups in total. The van der Waals surface area contributed by atoms with Gasteiger partial charge in [0, 0.05) is 12.6 Å². The van der Waals surface area contributed by atoms with E-state index in [1.807, 2.05) is 37.3 Å². The van der Waals surface area contributed by atoms with Gasteiger partial charge in [-0.1, -0.05) is 43.8 Å². The summed E-state index contributed by atoms with van der Waals surface area (Å²) in [6, 6.07) is 10.1. The van der Waals surface area contributed by atoms with Crippen LogP contribution in [-0.2, 0) is 17.9 Å². The Morgan fingerprint density at radius 3 is 2.67 bits per heavy atom. The smallest absolute Gasteiger partial charge is 0.233 e. The number of hydrogen-bond acceptors (Lipinski definition) is 5. The van der Waals surface area contributed by atoms with Gasteiger partial charge in [0.15, 0.2) is 11.0 Å². The molecule has 0 radical (unpaired) electrons. The van der Waals surface area contributed by atoms with E-state index < -0.39 is 0 Å². The van der Waals surface area contributed by atoms with Crippen LogP contribution in [0.4, 0.5) is 0 Å². The van der Waals surface area contributed by atoms with Gasteiger partial charge in [0.2, 0.25) is 5.91 Å². The number of nitrogens with zero attached hydrogens (tertiary/aromatic N) is 3. The van der Waals surface area contributed by atoms with E-state index in [1.54, 1.807) is 0 Å². The van der Waals surface area contributed by atoms with E-state index in [0.717, 1.165) is 42.5 Å². The van der Waals surface area contributed by atoms with Crippen LogP contribution in [0.5, 0.6) is 5.75 Å². The highest BCUT2D eigenvalue weighted by Gasteiger charge is 2.27. The largest absolute Gasteiger partial charge is 0.486 e. The standard InChI is InChI=1S/C20H28N4O2S/c1-14(2)11-12-24-18(13-26-17-7-5-4-6-8-17)22-23-20(24)27-15(3)19(25)21-16-9-10-16/h4-8,14-16H,9-13H2,1-3H3,(H,21,25)/t15-/m0/s1. The van der Waals surface area contributed by atoms with Crippen molar-refractivity contribution in [1.82, 2.24) is 20.1 Å². The highest BCUT2D eigenvalue weighted by molar-refractivity contribution is 8.00. The zero-order chi connectivity index (χ0) is 19.2.